The van der Waals surface area contributed by atoms with E-state index in [4.69, 9.17) is 21.1 Å². The van der Waals surface area contributed by atoms with Gasteiger partial charge in [0.05, 0.1) is 23.7 Å². The fourth-order valence-electron chi connectivity index (χ4n) is 3.82. The quantitative estimate of drug-likeness (QED) is 0.446. The van der Waals surface area contributed by atoms with Gasteiger partial charge in [-0.2, -0.15) is 0 Å². The van der Waals surface area contributed by atoms with E-state index in [-0.39, 0.29) is 41.4 Å². The van der Waals surface area contributed by atoms with Crippen LogP contribution < -0.4 is 19.1 Å². The summed E-state index contributed by atoms with van der Waals surface area (Å²) in [5.74, 6) is 0.535. The topological polar surface area (TPSA) is 84.9 Å². The fourth-order valence-corrected chi connectivity index (χ4v) is 5.47. The molecule has 190 valence electrons. The Bertz CT molecular complexity index is 1320. The Morgan fingerprint density at radius 3 is 2.44 bits per heavy atom. The van der Waals surface area contributed by atoms with Crippen LogP contribution in [0.15, 0.2) is 77.7 Å². The number of benzene rings is 3. The zero-order valence-corrected chi connectivity index (χ0v) is 22.0. The Hall–Kier alpha value is -3.23. The summed E-state index contributed by atoms with van der Waals surface area (Å²) in [4.78, 5) is 13.0. The number of hydrogen-bond donors (Lipinski definition) is 1. The number of anilines is 1. The van der Waals surface area contributed by atoms with Crippen molar-refractivity contribution in [2.75, 3.05) is 24.0 Å². The van der Waals surface area contributed by atoms with Gasteiger partial charge in [-0.15, -0.1) is 0 Å². The van der Waals surface area contributed by atoms with Crippen molar-refractivity contribution < 1.29 is 22.7 Å². The summed E-state index contributed by atoms with van der Waals surface area (Å²) in [7, 11) is -3.94. The molecule has 1 N–H and O–H groups in total. The first-order chi connectivity index (χ1) is 17.1. The molecule has 0 spiro atoms. The highest BCUT2D eigenvalue weighted by atomic mass is 35.5. The van der Waals surface area contributed by atoms with Crippen LogP contribution in [0, 0.1) is 0 Å². The molecule has 1 atom stereocenters. The molecule has 0 saturated carbocycles. The molecule has 1 aliphatic rings. The van der Waals surface area contributed by atoms with Crippen molar-refractivity contribution in [1.29, 1.82) is 0 Å². The predicted octanol–water partition coefficient (Wildman–Crippen LogP) is 4.79. The summed E-state index contributed by atoms with van der Waals surface area (Å²) >= 11 is 6.13. The number of hydrogen-bond acceptors (Lipinski definition) is 5. The molecular weight excluding hydrogens is 500 g/mol. The van der Waals surface area contributed by atoms with Gasteiger partial charge in [-0.25, -0.2) is 8.42 Å². The zero-order valence-electron chi connectivity index (χ0n) is 20.4. The lowest BCUT2D eigenvalue weighted by Gasteiger charge is -2.34. The lowest BCUT2D eigenvalue weighted by molar-refractivity contribution is -0.127. The van der Waals surface area contributed by atoms with Crippen LogP contribution in [-0.4, -0.2) is 40.1 Å². The smallest absolute Gasteiger partial charge is 0.264 e. The van der Waals surface area contributed by atoms with Crippen LogP contribution in [0.4, 0.5) is 5.69 Å². The van der Waals surface area contributed by atoms with Crippen molar-refractivity contribution in [3.05, 3.63) is 83.4 Å². The van der Waals surface area contributed by atoms with Gasteiger partial charge in [0.15, 0.2) is 6.10 Å². The monoisotopic (exact) mass is 528 g/mol. The van der Waals surface area contributed by atoms with E-state index in [1.165, 1.54) is 28.1 Å². The highest BCUT2D eigenvalue weighted by Gasteiger charge is 2.37. The van der Waals surface area contributed by atoms with E-state index in [1.54, 1.807) is 30.3 Å². The standard InChI is InChI=1S/C27H29ClN2O5S/c1-27(2,3)19-9-12-21(13-10-19)34-16-15-29-26(31)25-18-30(23-17-20(28)11-14-24(23)35-25)36(32,33)22-7-5-4-6-8-22/h4-14,17,25H,15-16,18H2,1-3H3,(H,29,31)/t25-/m0/s1. The molecule has 3 aromatic carbocycles. The molecule has 4 rings (SSSR count). The molecule has 1 aliphatic heterocycles. The lowest BCUT2D eigenvalue weighted by Crippen LogP contribution is -2.51. The third kappa shape index (κ3) is 5.77. The number of sulfonamides is 1. The second-order valence-corrected chi connectivity index (χ2v) is 11.8. The van der Waals surface area contributed by atoms with Gasteiger partial charge in [0, 0.05) is 5.02 Å². The third-order valence-corrected chi connectivity index (χ3v) is 7.83. The van der Waals surface area contributed by atoms with E-state index in [0.29, 0.717) is 10.8 Å². The summed E-state index contributed by atoms with van der Waals surface area (Å²) in [5, 5.41) is 3.14. The van der Waals surface area contributed by atoms with Gasteiger partial charge in [-0.3, -0.25) is 9.10 Å². The van der Waals surface area contributed by atoms with Crippen molar-refractivity contribution in [1.82, 2.24) is 5.32 Å². The SMILES string of the molecule is CC(C)(C)c1ccc(OCCNC(=O)[C@@H]2CN(S(=O)(=O)c3ccccc3)c3cc(Cl)ccc3O2)cc1. The summed E-state index contributed by atoms with van der Waals surface area (Å²) < 4.78 is 39.6. The molecule has 0 saturated heterocycles. The van der Waals surface area contributed by atoms with Crippen LogP contribution in [0.5, 0.6) is 11.5 Å². The maximum Gasteiger partial charge on any atom is 0.264 e. The second kappa shape index (κ2) is 10.4. The zero-order chi connectivity index (χ0) is 25.9. The van der Waals surface area contributed by atoms with Crippen LogP contribution in [0.3, 0.4) is 0 Å². The Labute approximate surface area is 217 Å². The van der Waals surface area contributed by atoms with Gasteiger partial charge in [0.25, 0.3) is 15.9 Å². The van der Waals surface area contributed by atoms with E-state index in [1.807, 2.05) is 24.3 Å². The molecule has 0 bridgehead atoms. The number of rotatable bonds is 7. The van der Waals surface area contributed by atoms with E-state index < -0.39 is 22.0 Å². The average Bonchev–Trinajstić information content (AvgIpc) is 2.86. The van der Waals surface area contributed by atoms with Crippen molar-refractivity contribution in [2.45, 2.75) is 37.2 Å². The van der Waals surface area contributed by atoms with E-state index in [9.17, 15) is 13.2 Å². The Balaban J connectivity index is 1.42. The minimum Gasteiger partial charge on any atom is -0.492 e. The van der Waals surface area contributed by atoms with Crippen LogP contribution in [0.2, 0.25) is 5.02 Å². The number of halogens is 1. The summed E-state index contributed by atoms with van der Waals surface area (Å²) in [6.07, 6.45) is -1.04. The van der Waals surface area contributed by atoms with Gasteiger partial charge < -0.3 is 14.8 Å². The number of nitrogens with one attached hydrogen (secondary N) is 1. The molecule has 9 heteroatoms. The van der Waals surface area contributed by atoms with Crippen molar-refractivity contribution in [2.24, 2.45) is 0 Å². The number of carbonyl (C=O) groups is 1. The fraction of sp³-hybridized carbons (Fsp3) is 0.296. The summed E-state index contributed by atoms with van der Waals surface area (Å²) in [6, 6.07) is 20.6. The molecule has 0 aromatic heterocycles. The first-order valence-corrected chi connectivity index (χ1v) is 13.4. The first-order valence-electron chi connectivity index (χ1n) is 11.6. The van der Waals surface area contributed by atoms with Gasteiger partial charge in [0.1, 0.15) is 18.1 Å². The maximum atomic E-state index is 13.4. The molecule has 0 fully saturated rings. The predicted molar refractivity (Wildman–Crippen MR) is 140 cm³/mol. The molecule has 0 radical (unpaired) electrons. The van der Waals surface area contributed by atoms with Gasteiger partial charge >= 0.3 is 0 Å². The van der Waals surface area contributed by atoms with Gasteiger partial charge in [-0.1, -0.05) is 62.7 Å². The van der Waals surface area contributed by atoms with Crippen molar-refractivity contribution in [3.63, 3.8) is 0 Å². The average molecular weight is 529 g/mol. The van der Waals surface area contributed by atoms with Crippen LogP contribution in [0.1, 0.15) is 26.3 Å². The normalized spacial score (nSPS) is 15.6. The summed E-state index contributed by atoms with van der Waals surface area (Å²) in [5.41, 5.74) is 1.55. The largest absolute Gasteiger partial charge is 0.492 e. The van der Waals surface area contributed by atoms with E-state index in [2.05, 4.69) is 26.1 Å². The maximum absolute atomic E-state index is 13.4. The second-order valence-electron chi connectivity index (χ2n) is 9.48. The number of carbonyl (C=O) groups excluding carboxylic acids is 1. The molecule has 0 unspecified atom stereocenters. The van der Waals surface area contributed by atoms with E-state index >= 15 is 0 Å². The van der Waals surface area contributed by atoms with E-state index in [0.717, 1.165) is 0 Å². The molecule has 3 aromatic rings. The van der Waals surface area contributed by atoms with Crippen LogP contribution in [-0.2, 0) is 20.2 Å². The molecule has 7 nitrogen and oxygen atoms in total. The van der Waals surface area contributed by atoms with Crippen molar-refractivity contribution >= 4 is 33.2 Å². The van der Waals surface area contributed by atoms with Gasteiger partial charge in [0.2, 0.25) is 0 Å². The Morgan fingerprint density at radius 2 is 1.78 bits per heavy atom. The van der Waals surface area contributed by atoms with Gasteiger partial charge in [-0.05, 0) is 53.4 Å². The Morgan fingerprint density at radius 1 is 1.08 bits per heavy atom. The minimum absolute atomic E-state index is 0.0539. The van der Waals surface area contributed by atoms with Crippen LogP contribution in [0.25, 0.3) is 0 Å². The molecule has 36 heavy (non-hydrogen) atoms. The highest BCUT2D eigenvalue weighted by Crippen LogP contribution is 2.38. The summed E-state index contributed by atoms with van der Waals surface area (Å²) in [6.45, 7) is 6.73. The molecular formula is C27H29ClN2O5S. The van der Waals surface area contributed by atoms with Crippen LogP contribution >= 0.6 is 11.6 Å². The third-order valence-electron chi connectivity index (χ3n) is 5.80. The number of fused-ring (bicyclic) bond motifs is 1. The minimum atomic E-state index is -3.94. The molecule has 1 heterocycles. The number of ether oxygens (including phenoxy) is 2. The van der Waals surface area contributed by atoms with Crippen molar-refractivity contribution in [3.8, 4) is 11.5 Å². The lowest BCUT2D eigenvalue weighted by atomic mass is 9.87. The highest BCUT2D eigenvalue weighted by molar-refractivity contribution is 7.92. The Kier molecular flexibility index (Phi) is 7.47. The number of amides is 1. The first kappa shape index (κ1) is 25.9. The molecule has 0 aliphatic carbocycles. The molecule has 1 amide bonds. The number of nitrogens with zero attached hydrogens (tertiary/aromatic N) is 1.